The van der Waals surface area contributed by atoms with Gasteiger partial charge in [-0.15, -0.1) is 0 Å². The van der Waals surface area contributed by atoms with E-state index < -0.39 is 5.82 Å². The van der Waals surface area contributed by atoms with E-state index in [0.29, 0.717) is 5.75 Å². The maximum Gasteiger partial charge on any atom is 0.197 e. The number of hydrogen-bond donors (Lipinski definition) is 1. The van der Waals surface area contributed by atoms with Crippen LogP contribution in [-0.2, 0) is 5.54 Å². The Morgan fingerprint density at radius 1 is 1.19 bits per heavy atom. The van der Waals surface area contributed by atoms with Crippen molar-refractivity contribution >= 4 is 0 Å². The van der Waals surface area contributed by atoms with Crippen molar-refractivity contribution in [1.29, 1.82) is 0 Å². The zero-order valence-electron chi connectivity index (χ0n) is 9.55. The van der Waals surface area contributed by atoms with Crippen molar-refractivity contribution < 1.29 is 13.9 Å². The Bertz CT molecular complexity index is 402. The molecule has 1 aromatic rings. The van der Waals surface area contributed by atoms with Crippen LogP contribution >= 0.6 is 0 Å². The summed E-state index contributed by atoms with van der Waals surface area (Å²) in [7, 11) is 2.93. The lowest BCUT2D eigenvalue weighted by molar-refractivity contribution is 0.239. The third-order valence-corrected chi connectivity index (χ3v) is 3.25. The van der Waals surface area contributed by atoms with Crippen LogP contribution in [0.5, 0.6) is 11.5 Å². The Balaban J connectivity index is 2.53. The van der Waals surface area contributed by atoms with Crippen molar-refractivity contribution in [3.05, 3.63) is 23.5 Å². The van der Waals surface area contributed by atoms with Crippen LogP contribution in [0.2, 0.25) is 0 Å². The number of benzene rings is 1. The van der Waals surface area contributed by atoms with Crippen LogP contribution in [0.25, 0.3) is 0 Å². The molecule has 4 heteroatoms. The van der Waals surface area contributed by atoms with Gasteiger partial charge >= 0.3 is 0 Å². The molecule has 88 valence electrons. The molecule has 0 spiro atoms. The van der Waals surface area contributed by atoms with E-state index in [1.54, 1.807) is 6.07 Å². The lowest BCUT2D eigenvalue weighted by Gasteiger charge is -2.39. The molecule has 0 bridgehead atoms. The van der Waals surface area contributed by atoms with Crippen molar-refractivity contribution in [3.8, 4) is 11.5 Å². The zero-order chi connectivity index (χ0) is 11.8. The quantitative estimate of drug-likeness (QED) is 0.857. The summed E-state index contributed by atoms with van der Waals surface area (Å²) >= 11 is 0. The minimum atomic E-state index is -0.425. The number of ether oxygens (including phenoxy) is 2. The molecule has 0 atom stereocenters. The molecule has 0 unspecified atom stereocenters. The van der Waals surface area contributed by atoms with Gasteiger partial charge in [0.2, 0.25) is 0 Å². The van der Waals surface area contributed by atoms with Gasteiger partial charge in [0.05, 0.1) is 14.2 Å². The van der Waals surface area contributed by atoms with E-state index in [-0.39, 0.29) is 11.3 Å². The Morgan fingerprint density at radius 3 is 2.25 bits per heavy atom. The second kappa shape index (κ2) is 3.94. The van der Waals surface area contributed by atoms with Gasteiger partial charge in [-0.25, -0.2) is 4.39 Å². The predicted octanol–water partition coefficient (Wildman–Crippen LogP) is 2.18. The number of rotatable bonds is 3. The molecule has 0 saturated heterocycles. The van der Waals surface area contributed by atoms with E-state index in [2.05, 4.69) is 0 Å². The second-order valence-electron chi connectivity index (χ2n) is 4.17. The number of hydrogen-bond acceptors (Lipinski definition) is 3. The highest BCUT2D eigenvalue weighted by Gasteiger charge is 2.38. The fourth-order valence-corrected chi connectivity index (χ4v) is 2.15. The Hall–Kier alpha value is -1.29. The molecule has 0 heterocycles. The van der Waals surface area contributed by atoms with Gasteiger partial charge < -0.3 is 15.2 Å². The van der Waals surface area contributed by atoms with Crippen LogP contribution in [0.1, 0.15) is 24.8 Å². The summed E-state index contributed by atoms with van der Waals surface area (Å²) in [5.74, 6) is 0.132. The van der Waals surface area contributed by atoms with Crippen LogP contribution in [0.4, 0.5) is 4.39 Å². The summed E-state index contributed by atoms with van der Waals surface area (Å²) < 4.78 is 23.7. The number of nitrogens with two attached hydrogens (primary N) is 1. The first-order valence-electron chi connectivity index (χ1n) is 5.32. The van der Waals surface area contributed by atoms with Gasteiger partial charge in [0.15, 0.2) is 17.3 Å². The number of methoxy groups -OCH3 is 2. The van der Waals surface area contributed by atoms with Gasteiger partial charge in [-0.1, -0.05) is 6.07 Å². The smallest absolute Gasteiger partial charge is 0.197 e. The fraction of sp³-hybridized carbons (Fsp3) is 0.500. The number of halogens is 1. The zero-order valence-corrected chi connectivity index (χ0v) is 9.55. The van der Waals surface area contributed by atoms with Crippen molar-refractivity contribution in [2.24, 2.45) is 5.73 Å². The first-order chi connectivity index (χ1) is 7.62. The largest absolute Gasteiger partial charge is 0.492 e. The van der Waals surface area contributed by atoms with Crippen LogP contribution in [0, 0.1) is 5.82 Å². The minimum Gasteiger partial charge on any atom is -0.492 e. The first-order valence-corrected chi connectivity index (χ1v) is 5.32. The molecule has 2 N–H and O–H groups in total. The molecule has 3 nitrogen and oxygen atoms in total. The minimum absolute atomic E-state index is 0.136. The SMILES string of the molecule is COc1c(F)ccc(C2(N)CCC2)c1OC. The van der Waals surface area contributed by atoms with Crippen molar-refractivity contribution in [1.82, 2.24) is 0 Å². The summed E-state index contributed by atoms with van der Waals surface area (Å²) in [6, 6.07) is 3.07. The summed E-state index contributed by atoms with van der Waals surface area (Å²) in [6.07, 6.45) is 2.90. The predicted molar refractivity (Wildman–Crippen MR) is 59.2 cm³/mol. The summed E-state index contributed by atoms with van der Waals surface area (Å²) in [5.41, 5.74) is 6.67. The van der Waals surface area contributed by atoms with Crippen LogP contribution in [0.3, 0.4) is 0 Å². The highest BCUT2D eigenvalue weighted by molar-refractivity contribution is 5.51. The fourth-order valence-electron chi connectivity index (χ4n) is 2.15. The highest BCUT2D eigenvalue weighted by atomic mass is 19.1. The first kappa shape index (κ1) is 11.2. The Morgan fingerprint density at radius 2 is 1.81 bits per heavy atom. The van der Waals surface area contributed by atoms with E-state index in [0.717, 1.165) is 24.8 Å². The lowest BCUT2D eigenvalue weighted by atomic mass is 9.72. The average molecular weight is 225 g/mol. The van der Waals surface area contributed by atoms with Crippen molar-refractivity contribution in [2.75, 3.05) is 14.2 Å². The molecule has 1 fully saturated rings. The molecule has 1 aromatic carbocycles. The van der Waals surface area contributed by atoms with Gasteiger partial charge in [-0.05, 0) is 25.3 Å². The molecule has 1 saturated carbocycles. The molecule has 1 aliphatic carbocycles. The Kier molecular flexibility index (Phi) is 2.76. The van der Waals surface area contributed by atoms with Gasteiger partial charge in [0.1, 0.15) is 0 Å². The van der Waals surface area contributed by atoms with E-state index >= 15 is 0 Å². The molecule has 0 aromatic heterocycles. The Labute approximate surface area is 94.3 Å². The summed E-state index contributed by atoms with van der Waals surface area (Å²) in [5, 5.41) is 0. The molecule has 1 aliphatic rings. The molecular weight excluding hydrogens is 209 g/mol. The highest BCUT2D eigenvalue weighted by Crippen LogP contribution is 2.46. The normalized spacial score (nSPS) is 17.8. The molecule has 0 radical (unpaired) electrons. The van der Waals surface area contributed by atoms with Gasteiger partial charge in [0.25, 0.3) is 0 Å². The van der Waals surface area contributed by atoms with Crippen LogP contribution in [0.15, 0.2) is 12.1 Å². The lowest BCUT2D eigenvalue weighted by Crippen LogP contribution is -2.43. The third kappa shape index (κ3) is 1.53. The van der Waals surface area contributed by atoms with Gasteiger partial charge in [-0.2, -0.15) is 0 Å². The van der Waals surface area contributed by atoms with E-state index in [1.807, 2.05) is 0 Å². The van der Waals surface area contributed by atoms with E-state index in [4.69, 9.17) is 15.2 Å². The summed E-state index contributed by atoms with van der Waals surface area (Å²) in [4.78, 5) is 0. The monoisotopic (exact) mass is 225 g/mol. The van der Waals surface area contributed by atoms with Crippen molar-refractivity contribution in [3.63, 3.8) is 0 Å². The molecule has 2 rings (SSSR count). The average Bonchev–Trinajstić information content (AvgIpc) is 2.25. The van der Waals surface area contributed by atoms with Gasteiger partial charge in [0, 0.05) is 11.1 Å². The van der Waals surface area contributed by atoms with Crippen LogP contribution in [-0.4, -0.2) is 14.2 Å². The van der Waals surface area contributed by atoms with Gasteiger partial charge in [-0.3, -0.25) is 0 Å². The molecule has 16 heavy (non-hydrogen) atoms. The molecule has 0 aliphatic heterocycles. The third-order valence-electron chi connectivity index (χ3n) is 3.25. The van der Waals surface area contributed by atoms with E-state index in [1.165, 1.54) is 20.3 Å². The maximum absolute atomic E-state index is 13.5. The maximum atomic E-state index is 13.5. The molecular formula is C12H16FNO2. The topological polar surface area (TPSA) is 44.5 Å². The summed E-state index contributed by atoms with van der Waals surface area (Å²) in [6.45, 7) is 0. The van der Waals surface area contributed by atoms with E-state index in [9.17, 15) is 4.39 Å². The van der Waals surface area contributed by atoms with Crippen LogP contribution < -0.4 is 15.2 Å². The standard InChI is InChI=1S/C12H16FNO2/c1-15-10-8(12(14)6-3-7-12)4-5-9(13)11(10)16-2/h4-5H,3,6-7,14H2,1-2H3. The molecule has 0 amide bonds. The second-order valence-corrected chi connectivity index (χ2v) is 4.17. The van der Waals surface area contributed by atoms with Crippen molar-refractivity contribution in [2.45, 2.75) is 24.8 Å².